The van der Waals surface area contributed by atoms with E-state index in [1.807, 2.05) is 30.3 Å². The van der Waals surface area contributed by atoms with E-state index in [0.29, 0.717) is 35.7 Å². The van der Waals surface area contributed by atoms with Crippen molar-refractivity contribution >= 4 is 40.6 Å². The summed E-state index contributed by atoms with van der Waals surface area (Å²) in [5.41, 5.74) is 1.46. The molecule has 0 radical (unpaired) electrons. The first kappa shape index (κ1) is 23.2. The second-order valence-corrected chi connectivity index (χ2v) is 8.28. The predicted octanol–water partition coefficient (Wildman–Crippen LogP) is 5.22. The Morgan fingerprint density at radius 1 is 1.00 bits per heavy atom. The Kier molecular flexibility index (Phi) is 7.03. The summed E-state index contributed by atoms with van der Waals surface area (Å²) in [6.07, 6.45) is 1.55. The van der Waals surface area contributed by atoms with E-state index in [4.69, 9.17) is 4.74 Å². The Bertz CT molecular complexity index is 1260. The smallest absolute Gasteiger partial charge is 0.294 e. The Hall–Kier alpha value is -3.98. The number of rotatable bonds is 7. The SMILES string of the molecule is O=C(CN1C(=O)S/C(=C/c2ccc(OCc3ccccc3)cc2)C1=O)Nc1ccc(F)cc1F. The van der Waals surface area contributed by atoms with Crippen LogP contribution in [0.1, 0.15) is 11.1 Å². The van der Waals surface area contributed by atoms with Gasteiger partial charge in [0.2, 0.25) is 5.91 Å². The van der Waals surface area contributed by atoms with E-state index in [2.05, 4.69) is 5.32 Å². The van der Waals surface area contributed by atoms with Gasteiger partial charge >= 0.3 is 0 Å². The number of carbonyl (C=O) groups is 3. The van der Waals surface area contributed by atoms with Crippen LogP contribution in [0, 0.1) is 11.6 Å². The van der Waals surface area contributed by atoms with E-state index >= 15 is 0 Å². The number of hydrogen-bond acceptors (Lipinski definition) is 5. The molecule has 1 N–H and O–H groups in total. The molecular formula is C25H18F2N2O4S. The van der Waals surface area contributed by atoms with Crippen molar-refractivity contribution in [2.24, 2.45) is 0 Å². The molecule has 0 unspecified atom stereocenters. The number of carbonyl (C=O) groups excluding carboxylic acids is 3. The fourth-order valence-corrected chi connectivity index (χ4v) is 3.95. The van der Waals surface area contributed by atoms with Gasteiger partial charge < -0.3 is 10.1 Å². The number of halogens is 2. The number of nitrogens with one attached hydrogen (secondary N) is 1. The van der Waals surface area contributed by atoms with E-state index in [1.54, 1.807) is 30.3 Å². The van der Waals surface area contributed by atoms with Crippen molar-refractivity contribution < 1.29 is 27.9 Å². The first-order valence-corrected chi connectivity index (χ1v) is 11.0. The van der Waals surface area contributed by atoms with E-state index in [1.165, 1.54) is 0 Å². The molecule has 34 heavy (non-hydrogen) atoms. The molecule has 0 saturated carbocycles. The minimum Gasteiger partial charge on any atom is -0.489 e. The quantitative estimate of drug-likeness (QED) is 0.470. The van der Waals surface area contributed by atoms with Gasteiger partial charge in [-0.2, -0.15) is 0 Å². The lowest BCUT2D eigenvalue weighted by Crippen LogP contribution is -2.36. The fourth-order valence-electron chi connectivity index (χ4n) is 3.11. The highest BCUT2D eigenvalue weighted by Crippen LogP contribution is 2.32. The van der Waals surface area contributed by atoms with E-state index in [-0.39, 0.29) is 10.6 Å². The van der Waals surface area contributed by atoms with Crippen LogP contribution >= 0.6 is 11.8 Å². The summed E-state index contributed by atoms with van der Waals surface area (Å²) >= 11 is 0.705. The zero-order chi connectivity index (χ0) is 24.1. The first-order valence-electron chi connectivity index (χ1n) is 10.2. The van der Waals surface area contributed by atoms with Gasteiger partial charge in [0.25, 0.3) is 11.1 Å². The highest BCUT2D eigenvalue weighted by atomic mass is 32.2. The number of amides is 3. The molecule has 172 valence electrons. The molecule has 1 saturated heterocycles. The average molecular weight is 480 g/mol. The number of anilines is 1. The van der Waals surface area contributed by atoms with E-state index < -0.39 is 35.2 Å². The van der Waals surface area contributed by atoms with Crippen LogP contribution in [0.15, 0.2) is 77.7 Å². The van der Waals surface area contributed by atoms with Crippen molar-refractivity contribution in [1.82, 2.24) is 4.90 Å². The van der Waals surface area contributed by atoms with Gasteiger partial charge in [0, 0.05) is 6.07 Å². The molecule has 0 spiro atoms. The van der Waals surface area contributed by atoms with Crippen LogP contribution in [0.5, 0.6) is 5.75 Å². The summed E-state index contributed by atoms with van der Waals surface area (Å²) in [5.74, 6) is -2.51. The maximum absolute atomic E-state index is 13.7. The van der Waals surface area contributed by atoms with Crippen LogP contribution < -0.4 is 10.1 Å². The molecule has 0 bridgehead atoms. The summed E-state index contributed by atoms with van der Waals surface area (Å²) in [6, 6.07) is 19.4. The first-order chi connectivity index (χ1) is 16.4. The van der Waals surface area contributed by atoms with Crippen molar-refractivity contribution in [3.63, 3.8) is 0 Å². The molecule has 6 nitrogen and oxygen atoms in total. The van der Waals surface area contributed by atoms with Crippen LogP contribution in [0.25, 0.3) is 6.08 Å². The second kappa shape index (κ2) is 10.3. The fraction of sp³-hybridized carbons (Fsp3) is 0.0800. The van der Waals surface area contributed by atoms with E-state index in [9.17, 15) is 23.2 Å². The van der Waals surface area contributed by atoms with Crippen LogP contribution in [-0.2, 0) is 16.2 Å². The summed E-state index contributed by atoms with van der Waals surface area (Å²) in [5, 5.41) is 1.61. The van der Waals surface area contributed by atoms with Crippen molar-refractivity contribution in [1.29, 1.82) is 0 Å². The molecule has 1 fully saturated rings. The third-order valence-corrected chi connectivity index (χ3v) is 5.71. The van der Waals surface area contributed by atoms with Crippen LogP contribution in [0.3, 0.4) is 0 Å². The second-order valence-electron chi connectivity index (χ2n) is 7.28. The third kappa shape index (κ3) is 5.68. The third-order valence-electron chi connectivity index (χ3n) is 4.81. The normalized spacial score (nSPS) is 14.5. The zero-order valence-electron chi connectivity index (χ0n) is 17.7. The summed E-state index contributed by atoms with van der Waals surface area (Å²) in [6.45, 7) is -0.173. The molecule has 3 aromatic carbocycles. The Morgan fingerprint density at radius 2 is 1.74 bits per heavy atom. The maximum atomic E-state index is 13.7. The Balaban J connectivity index is 1.36. The lowest BCUT2D eigenvalue weighted by Gasteiger charge is -2.12. The topological polar surface area (TPSA) is 75.7 Å². The number of benzene rings is 3. The molecular weight excluding hydrogens is 462 g/mol. The summed E-state index contributed by atoms with van der Waals surface area (Å²) in [7, 11) is 0. The van der Waals surface area contributed by atoms with Crippen molar-refractivity contribution in [3.8, 4) is 5.75 Å². The Labute approximate surface area is 198 Å². The minimum atomic E-state index is -0.960. The standard InChI is InChI=1S/C25H18F2N2O4S/c26-18-8-11-21(20(27)13-18)28-23(30)14-29-24(31)22(34-25(29)32)12-16-6-9-19(10-7-16)33-15-17-4-2-1-3-5-17/h1-13H,14-15H2,(H,28,30)/b22-12+. The molecule has 0 aromatic heterocycles. The molecule has 1 heterocycles. The highest BCUT2D eigenvalue weighted by Gasteiger charge is 2.36. The number of imide groups is 1. The molecule has 4 rings (SSSR count). The van der Waals surface area contributed by atoms with Gasteiger partial charge in [0.1, 0.15) is 30.5 Å². The lowest BCUT2D eigenvalue weighted by molar-refractivity contribution is -0.127. The average Bonchev–Trinajstić information content (AvgIpc) is 3.08. The van der Waals surface area contributed by atoms with Gasteiger partial charge in [-0.05, 0) is 53.2 Å². The molecule has 0 atom stereocenters. The zero-order valence-corrected chi connectivity index (χ0v) is 18.5. The summed E-state index contributed by atoms with van der Waals surface area (Å²) in [4.78, 5) is 38.0. The largest absolute Gasteiger partial charge is 0.489 e. The molecule has 1 aliphatic rings. The van der Waals surface area contributed by atoms with Gasteiger partial charge in [-0.15, -0.1) is 0 Å². The number of thioether (sulfide) groups is 1. The number of ether oxygens (including phenoxy) is 1. The van der Waals surface area contributed by atoms with Gasteiger partial charge in [-0.3, -0.25) is 19.3 Å². The molecule has 1 aliphatic heterocycles. The van der Waals surface area contributed by atoms with E-state index in [0.717, 1.165) is 22.6 Å². The van der Waals surface area contributed by atoms with Crippen LogP contribution in [0.4, 0.5) is 19.3 Å². The minimum absolute atomic E-state index is 0.156. The van der Waals surface area contributed by atoms with Crippen LogP contribution in [0.2, 0.25) is 0 Å². The summed E-state index contributed by atoms with van der Waals surface area (Å²) < 4.78 is 32.5. The van der Waals surface area contributed by atoms with Crippen molar-refractivity contribution in [3.05, 3.63) is 100 Å². The molecule has 3 aromatic rings. The molecule has 9 heteroatoms. The van der Waals surface area contributed by atoms with Crippen LogP contribution in [-0.4, -0.2) is 28.5 Å². The highest BCUT2D eigenvalue weighted by molar-refractivity contribution is 8.18. The van der Waals surface area contributed by atoms with Gasteiger partial charge in [-0.1, -0.05) is 42.5 Å². The maximum Gasteiger partial charge on any atom is 0.294 e. The lowest BCUT2D eigenvalue weighted by atomic mass is 10.2. The monoisotopic (exact) mass is 480 g/mol. The van der Waals surface area contributed by atoms with Crippen molar-refractivity contribution in [2.45, 2.75) is 6.61 Å². The molecule has 0 aliphatic carbocycles. The Morgan fingerprint density at radius 3 is 2.44 bits per heavy atom. The van der Waals surface area contributed by atoms with Gasteiger partial charge in [0.15, 0.2) is 0 Å². The number of hydrogen-bond donors (Lipinski definition) is 1. The van der Waals surface area contributed by atoms with Gasteiger partial charge in [0.05, 0.1) is 10.6 Å². The molecule has 3 amide bonds. The number of nitrogens with zero attached hydrogens (tertiary/aromatic N) is 1. The predicted molar refractivity (Wildman–Crippen MR) is 125 cm³/mol. The van der Waals surface area contributed by atoms with Crippen molar-refractivity contribution in [2.75, 3.05) is 11.9 Å². The van der Waals surface area contributed by atoms with Gasteiger partial charge in [-0.25, -0.2) is 8.78 Å².